The maximum Gasteiger partial charge on any atom is 0.203 e. The molecule has 1 heterocycles. The molecule has 1 aromatic carbocycles. The molecule has 4 heteroatoms. The fourth-order valence-electron chi connectivity index (χ4n) is 1.32. The van der Waals surface area contributed by atoms with Crippen molar-refractivity contribution in [3.8, 4) is 11.5 Å². The van der Waals surface area contributed by atoms with E-state index in [-0.39, 0.29) is 12.4 Å². The van der Waals surface area contributed by atoms with Crippen molar-refractivity contribution in [2.45, 2.75) is 0 Å². The van der Waals surface area contributed by atoms with Gasteiger partial charge in [-0.05, 0) is 12.1 Å². The van der Waals surface area contributed by atoms with Crippen molar-refractivity contribution in [2.75, 3.05) is 18.5 Å². The zero-order chi connectivity index (χ0) is 9.97. The lowest BCUT2D eigenvalue weighted by atomic mass is 10.1. The Kier molecular flexibility index (Phi) is 2.72. The van der Waals surface area contributed by atoms with Crippen LogP contribution in [0.2, 0.25) is 0 Å². The Morgan fingerprint density at radius 1 is 1.50 bits per heavy atom. The summed E-state index contributed by atoms with van der Waals surface area (Å²) in [6.45, 7) is 0.754. The number of rotatable bonds is 3. The monoisotopic (exact) mass is 256 g/mol. The van der Waals surface area contributed by atoms with Crippen LogP contribution in [0.3, 0.4) is 0 Å². The quantitative estimate of drug-likeness (QED) is 0.777. The van der Waals surface area contributed by atoms with Gasteiger partial charge in [-0.1, -0.05) is 15.9 Å². The van der Waals surface area contributed by atoms with Gasteiger partial charge in [-0.3, -0.25) is 4.79 Å². The van der Waals surface area contributed by atoms with E-state index in [1.165, 1.54) is 0 Å². The number of Topliss-reactive ketones (excluding diaryl/α,β-unsaturated/α-hetero) is 1. The smallest absolute Gasteiger partial charge is 0.203 e. The van der Waals surface area contributed by atoms with Gasteiger partial charge < -0.3 is 9.47 Å². The van der Waals surface area contributed by atoms with Gasteiger partial charge in [0.05, 0.1) is 12.2 Å². The number of hydrogen-bond acceptors (Lipinski definition) is 3. The first-order chi connectivity index (χ1) is 6.81. The highest BCUT2D eigenvalue weighted by molar-refractivity contribution is 9.09. The van der Waals surface area contributed by atoms with Crippen LogP contribution in [0.5, 0.6) is 11.5 Å². The van der Waals surface area contributed by atoms with Gasteiger partial charge in [-0.15, -0.1) is 0 Å². The normalized spacial score (nSPS) is 13.6. The number of benzene rings is 1. The molecule has 1 aliphatic heterocycles. The van der Waals surface area contributed by atoms with E-state index < -0.39 is 0 Å². The highest BCUT2D eigenvalue weighted by atomic mass is 79.9. The average Bonchev–Trinajstić information content (AvgIpc) is 2.57. The van der Waals surface area contributed by atoms with E-state index in [1.807, 2.05) is 0 Å². The third-order valence-electron chi connectivity index (χ3n) is 1.96. The molecule has 0 saturated heterocycles. The molecule has 1 aliphatic rings. The van der Waals surface area contributed by atoms with Gasteiger partial charge in [-0.2, -0.15) is 0 Å². The number of carbonyl (C=O) groups excluding carboxylic acids is 1. The zero-order valence-corrected chi connectivity index (χ0v) is 9.04. The van der Waals surface area contributed by atoms with Gasteiger partial charge in [-0.25, -0.2) is 0 Å². The minimum atomic E-state index is 0.0343. The van der Waals surface area contributed by atoms with Gasteiger partial charge in [0.2, 0.25) is 5.78 Å². The molecule has 2 rings (SSSR count). The molecule has 0 unspecified atom stereocenters. The summed E-state index contributed by atoms with van der Waals surface area (Å²) < 4.78 is 10.6. The highest BCUT2D eigenvalue weighted by Gasteiger charge is 2.21. The predicted molar refractivity (Wildman–Crippen MR) is 55.6 cm³/mol. The molecular weight excluding hydrogens is 248 g/mol. The topological polar surface area (TPSA) is 35.5 Å². The van der Waals surface area contributed by atoms with Gasteiger partial charge in [0.15, 0.2) is 6.61 Å². The molecule has 74 valence electrons. The lowest BCUT2D eigenvalue weighted by molar-refractivity contribution is 0.0961. The first-order valence-corrected chi connectivity index (χ1v) is 5.42. The van der Waals surface area contributed by atoms with Crippen molar-refractivity contribution in [3.05, 3.63) is 23.8 Å². The molecule has 0 radical (unpaired) electrons. The molecule has 0 atom stereocenters. The van der Waals surface area contributed by atoms with E-state index in [4.69, 9.17) is 9.47 Å². The fraction of sp³-hybridized carbons (Fsp3) is 0.300. The van der Waals surface area contributed by atoms with Crippen LogP contribution in [0.4, 0.5) is 0 Å². The lowest BCUT2D eigenvalue weighted by Crippen LogP contribution is -1.98. The van der Waals surface area contributed by atoms with E-state index >= 15 is 0 Å². The first kappa shape index (κ1) is 9.52. The number of carbonyl (C=O) groups is 1. The number of halogens is 1. The lowest BCUT2D eigenvalue weighted by Gasteiger charge is -2.04. The van der Waals surface area contributed by atoms with Crippen molar-refractivity contribution in [1.82, 2.24) is 0 Å². The Bertz CT molecular complexity index is 362. The van der Waals surface area contributed by atoms with Crippen LogP contribution in [0.1, 0.15) is 10.4 Å². The Hall–Kier alpha value is -1.03. The van der Waals surface area contributed by atoms with Crippen LogP contribution >= 0.6 is 15.9 Å². The standard InChI is InChI=1S/C10H9BrO3/c11-3-4-13-7-1-2-8-9(12)6-14-10(8)5-7/h1-2,5H,3-4,6H2. The average molecular weight is 257 g/mol. The Morgan fingerprint density at radius 3 is 3.14 bits per heavy atom. The van der Waals surface area contributed by atoms with E-state index in [9.17, 15) is 4.79 Å². The van der Waals surface area contributed by atoms with Crippen LogP contribution in [-0.2, 0) is 0 Å². The summed E-state index contributed by atoms with van der Waals surface area (Å²) >= 11 is 3.27. The Morgan fingerprint density at radius 2 is 2.36 bits per heavy atom. The maximum absolute atomic E-state index is 11.2. The highest BCUT2D eigenvalue weighted by Crippen LogP contribution is 2.29. The van der Waals surface area contributed by atoms with Gasteiger partial charge >= 0.3 is 0 Å². The van der Waals surface area contributed by atoms with E-state index in [1.54, 1.807) is 18.2 Å². The molecule has 0 amide bonds. The molecule has 14 heavy (non-hydrogen) atoms. The second kappa shape index (κ2) is 4.00. The van der Waals surface area contributed by atoms with Gasteiger partial charge in [0.1, 0.15) is 11.5 Å². The second-order valence-electron chi connectivity index (χ2n) is 2.91. The van der Waals surface area contributed by atoms with Crippen LogP contribution in [-0.4, -0.2) is 24.3 Å². The van der Waals surface area contributed by atoms with Crippen LogP contribution < -0.4 is 9.47 Å². The van der Waals surface area contributed by atoms with Crippen molar-refractivity contribution in [2.24, 2.45) is 0 Å². The minimum absolute atomic E-state index is 0.0343. The third kappa shape index (κ3) is 1.75. The van der Waals surface area contributed by atoms with Crippen molar-refractivity contribution in [3.63, 3.8) is 0 Å². The summed E-state index contributed by atoms with van der Waals surface area (Å²) in [6, 6.07) is 5.28. The second-order valence-corrected chi connectivity index (χ2v) is 3.70. The summed E-state index contributed by atoms with van der Waals surface area (Å²) in [5.41, 5.74) is 0.649. The van der Waals surface area contributed by atoms with Gasteiger partial charge in [0, 0.05) is 11.4 Å². The molecule has 0 N–H and O–H groups in total. The number of hydrogen-bond donors (Lipinski definition) is 0. The van der Waals surface area contributed by atoms with Crippen molar-refractivity contribution >= 4 is 21.7 Å². The summed E-state index contributed by atoms with van der Waals surface area (Å²) in [6.07, 6.45) is 0. The molecule has 0 fully saturated rings. The largest absolute Gasteiger partial charge is 0.493 e. The molecule has 0 bridgehead atoms. The minimum Gasteiger partial charge on any atom is -0.493 e. The zero-order valence-electron chi connectivity index (χ0n) is 7.46. The molecule has 0 aromatic heterocycles. The van der Waals surface area contributed by atoms with Gasteiger partial charge in [0.25, 0.3) is 0 Å². The maximum atomic E-state index is 11.2. The molecule has 0 spiro atoms. The molecule has 0 aliphatic carbocycles. The molecule has 0 saturated carbocycles. The van der Waals surface area contributed by atoms with Crippen molar-refractivity contribution < 1.29 is 14.3 Å². The summed E-state index contributed by atoms with van der Waals surface area (Å²) in [5, 5.41) is 0.782. The summed E-state index contributed by atoms with van der Waals surface area (Å²) in [7, 11) is 0. The predicted octanol–water partition coefficient (Wildman–Crippen LogP) is 2.04. The van der Waals surface area contributed by atoms with Crippen molar-refractivity contribution in [1.29, 1.82) is 0 Å². The molecule has 3 nitrogen and oxygen atoms in total. The van der Waals surface area contributed by atoms with E-state index in [0.717, 1.165) is 11.1 Å². The number of fused-ring (bicyclic) bond motifs is 1. The summed E-state index contributed by atoms with van der Waals surface area (Å²) in [5.74, 6) is 1.40. The fourth-order valence-corrected chi connectivity index (χ4v) is 1.48. The molecular formula is C10H9BrO3. The number of ketones is 1. The van der Waals surface area contributed by atoms with Crippen LogP contribution in [0.15, 0.2) is 18.2 Å². The number of alkyl halides is 1. The third-order valence-corrected chi connectivity index (χ3v) is 2.28. The SMILES string of the molecule is O=C1COc2cc(OCCBr)ccc21. The summed E-state index contributed by atoms with van der Waals surface area (Å²) in [4.78, 5) is 11.2. The molecule has 1 aromatic rings. The first-order valence-electron chi connectivity index (χ1n) is 4.30. The number of ether oxygens (including phenoxy) is 2. The van der Waals surface area contributed by atoms with E-state index in [2.05, 4.69) is 15.9 Å². The Balaban J connectivity index is 2.19. The van der Waals surface area contributed by atoms with Crippen LogP contribution in [0, 0.1) is 0 Å². The van der Waals surface area contributed by atoms with E-state index in [0.29, 0.717) is 17.9 Å². The van der Waals surface area contributed by atoms with Crippen LogP contribution in [0.25, 0.3) is 0 Å². The Labute approximate surface area is 90.1 Å².